The molecule has 8 nitrogen and oxygen atoms in total. The lowest BCUT2D eigenvalue weighted by Gasteiger charge is -2.25. The molecule has 0 saturated carbocycles. The molecule has 0 aliphatic carbocycles. The Hall–Kier alpha value is -4.11. The Bertz CT molecular complexity index is 1720. The average Bonchev–Trinajstić information content (AvgIpc) is 3.37. The molecule has 2 aromatic carbocycles. The topological polar surface area (TPSA) is 94.9 Å². The first-order valence-corrected chi connectivity index (χ1v) is 12.1. The predicted octanol–water partition coefficient (Wildman–Crippen LogP) is 3.22. The Balaban J connectivity index is 1.80. The lowest BCUT2D eigenvalue weighted by Crippen LogP contribution is -2.40. The highest BCUT2D eigenvalue weighted by molar-refractivity contribution is 7.07. The van der Waals surface area contributed by atoms with Crippen LogP contribution in [-0.4, -0.2) is 36.8 Å². The molecule has 1 N–H and O–H groups in total. The minimum absolute atomic E-state index is 0.250. The van der Waals surface area contributed by atoms with E-state index in [1.54, 1.807) is 36.8 Å². The number of hydrogen-bond donors (Lipinski definition) is 1. The number of ether oxygens (including phenoxy) is 3. The molecule has 0 amide bonds. The zero-order valence-electron chi connectivity index (χ0n) is 20.5. The number of carbonyl (C=O) groups is 1. The van der Waals surface area contributed by atoms with E-state index < -0.39 is 12.0 Å². The van der Waals surface area contributed by atoms with E-state index in [1.807, 2.05) is 37.3 Å². The number of rotatable bonds is 5. The first-order valence-electron chi connectivity index (χ1n) is 11.3. The summed E-state index contributed by atoms with van der Waals surface area (Å²) in [6, 6.07) is 12.5. The van der Waals surface area contributed by atoms with E-state index in [0.29, 0.717) is 32.1 Å². The van der Waals surface area contributed by atoms with Gasteiger partial charge in [0.1, 0.15) is 17.5 Å². The van der Waals surface area contributed by atoms with Crippen LogP contribution in [0.3, 0.4) is 0 Å². The SMILES string of the molecule is COC(=O)C1=C(C)N=c2sc(=Cc3c(C)[nH]c4ccccc34)c(=O)n2[C@H]1c1ccc(OC)cc1OC. The van der Waals surface area contributed by atoms with Crippen LogP contribution in [0.2, 0.25) is 0 Å². The molecule has 2 aromatic heterocycles. The summed E-state index contributed by atoms with van der Waals surface area (Å²) in [4.78, 5) is 35.3. The maximum Gasteiger partial charge on any atom is 0.338 e. The number of benzene rings is 2. The van der Waals surface area contributed by atoms with Crippen molar-refractivity contribution in [3.63, 3.8) is 0 Å². The van der Waals surface area contributed by atoms with Gasteiger partial charge in [0, 0.05) is 33.8 Å². The van der Waals surface area contributed by atoms with Crippen molar-refractivity contribution in [2.45, 2.75) is 19.9 Å². The van der Waals surface area contributed by atoms with Crippen molar-refractivity contribution in [1.29, 1.82) is 0 Å². The number of aromatic amines is 1. The number of para-hydroxylation sites is 1. The second-order valence-electron chi connectivity index (χ2n) is 8.39. The van der Waals surface area contributed by atoms with E-state index in [9.17, 15) is 9.59 Å². The monoisotopic (exact) mass is 503 g/mol. The third-order valence-electron chi connectivity index (χ3n) is 6.38. The number of esters is 1. The highest BCUT2D eigenvalue weighted by Gasteiger charge is 2.35. The predicted molar refractivity (Wildman–Crippen MR) is 138 cm³/mol. The van der Waals surface area contributed by atoms with Crippen molar-refractivity contribution in [2.75, 3.05) is 21.3 Å². The van der Waals surface area contributed by atoms with Crippen molar-refractivity contribution in [2.24, 2.45) is 4.99 Å². The Kier molecular flexibility index (Phi) is 6.01. The first-order chi connectivity index (χ1) is 17.4. The largest absolute Gasteiger partial charge is 0.497 e. The minimum atomic E-state index is -0.777. The lowest BCUT2D eigenvalue weighted by molar-refractivity contribution is -0.136. The number of aryl methyl sites for hydroxylation is 1. The standard InChI is InChI=1S/C27H25N3O5S/c1-14-19(17-8-6-7-9-20(17)28-14)13-22-25(31)30-24(18-11-10-16(33-3)12-21(18)34-4)23(26(32)35-5)15(2)29-27(30)36-22/h6-13,24,28H,1-5H3/t24-/m0/s1. The van der Waals surface area contributed by atoms with Crippen molar-refractivity contribution in [3.8, 4) is 11.5 Å². The van der Waals surface area contributed by atoms with Gasteiger partial charge >= 0.3 is 5.97 Å². The van der Waals surface area contributed by atoms with Gasteiger partial charge in [-0.15, -0.1) is 0 Å². The number of nitrogens with zero attached hydrogens (tertiary/aromatic N) is 2. The molecule has 36 heavy (non-hydrogen) atoms. The van der Waals surface area contributed by atoms with Gasteiger partial charge in [-0.05, 0) is 38.1 Å². The maximum atomic E-state index is 13.9. The second-order valence-corrected chi connectivity index (χ2v) is 9.40. The van der Waals surface area contributed by atoms with Gasteiger partial charge in [0.2, 0.25) is 0 Å². The zero-order chi connectivity index (χ0) is 25.6. The molecule has 4 aromatic rings. The average molecular weight is 504 g/mol. The summed E-state index contributed by atoms with van der Waals surface area (Å²) in [5.74, 6) is 0.525. The molecule has 0 saturated heterocycles. The van der Waals surface area contributed by atoms with Gasteiger partial charge in [0.25, 0.3) is 5.56 Å². The van der Waals surface area contributed by atoms with Crippen LogP contribution < -0.4 is 24.4 Å². The molecular weight excluding hydrogens is 478 g/mol. The quantitative estimate of drug-likeness (QED) is 0.422. The molecular formula is C27H25N3O5S. The summed E-state index contributed by atoms with van der Waals surface area (Å²) < 4.78 is 18.1. The molecule has 5 rings (SSSR count). The van der Waals surface area contributed by atoms with E-state index in [0.717, 1.165) is 22.2 Å². The fourth-order valence-electron chi connectivity index (χ4n) is 4.65. The van der Waals surface area contributed by atoms with E-state index in [-0.39, 0.29) is 11.1 Å². The Morgan fingerprint density at radius 3 is 2.61 bits per heavy atom. The third kappa shape index (κ3) is 3.72. The molecule has 1 aliphatic heterocycles. The van der Waals surface area contributed by atoms with Gasteiger partial charge in [0.05, 0.1) is 37.1 Å². The molecule has 9 heteroatoms. The number of allylic oxidation sites excluding steroid dienone is 1. The van der Waals surface area contributed by atoms with E-state index in [2.05, 4.69) is 9.98 Å². The van der Waals surface area contributed by atoms with Crippen LogP contribution in [0.5, 0.6) is 11.5 Å². The summed E-state index contributed by atoms with van der Waals surface area (Å²) in [5.41, 5.74) is 4.05. The van der Waals surface area contributed by atoms with E-state index in [1.165, 1.54) is 25.6 Å². The number of hydrogen-bond acceptors (Lipinski definition) is 7. The van der Waals surface area contributed by atoms with Crippen molar-refractivity contribution < 1.29 is 19.0 Å². The van der Waals surface area contributed by atoms with Crippen LogP contribution in [-0.2, 0) is 9.53 Å². The highest BCUT2D eigenvalue weighted by atomic mass is 32.1. The van der Waals surface area contributed by atoms with Crippen LogP contribution in [0.25, 0.3) is 17.0 Å². The molecule has 184 valence electrons. The fourth-order valence-corrected chi connectivity index (χ4v) is 5.68. The van der Waals surface area contributed by atoms with Crippen molar-refractivity contribution in [1.82, 2.24) is 9.55 Å². The number of methoxy groups -OCH3 is 3. The third-order valence-corrected chi connectivity index (χ3v) is 7.36. The Morgan fingerprint density at radius 1 is 1.11 bits per heavy atom. The van der Waals surface area contributed by atoms with E-state index >= 15 is 0 Å². The normalized spacial score (nSPS) is 15.6. The van der Waals surface area contributed by atoms with Crippen LogP contribution in [0.15, 0.2) is 63.5 Å². The number of nitrogens with one attached hydrogen (secondary N) is 1. The van der Waals surface area contributed by atoms with Crippen LogP contribution in [0.1, 0.15) is 29.8 Å². The Morgan fingerprint density at radius 2 is 1.89 bits per heavy atom. The van der Waals surface area contributed by atoms with Gasteiger partial charge in [-0.25, -0.2) is 9.79 Å². The molecule has 0 spiro atoms. The number of H-pyrrole nitrogens is 1. The highest BCUT2D eigenvalue weighted by Crippen LogP contribution is 2.37. The summed E-state index contributed by atoms with van der Waals surface area (Å²) in [6.45, 7) is 3.73. The first kappa shape index (κ1) is 23.6. The van der Waals surface area contributed by atoms with Crippen molar-refractivity contribution >= 4 is 34.3 Å². The van der Waals surface area contributed by atoms with Gasteiger partial charge in [-0.1, -0.05) is 29.5 Å². The minimum Gasteiger partial charge on any atom is -0.497 e. The molecule has 1 aliphatic rings. The van der Waals surface area contributed by atoms with E-state index in [4.69, 9.17) is 14.2 Å². The smallest absolute Gasteiger partial charge is 0.338 e. The lowest BCUT2D eigenvalue weighted by atomic mass is 9.95. The molecule has 0 unspecified atom stereocenters. The zero-order valence-corrected chi connectivity index (χ0v) is 21.4. The molecule has 0 fully saturated rings. The Labute approximate surface area is 210 Å². The number of carbonyl (C=O) groups excluding carboxylic acids is 1. The molecule has 1 atom stereocenters. The summed E-state index contributed by atoms with van der Waals surface area (Å²) in [5, 5.41) is 1.03. The van der Waals surface area contributed by atoms with Gasteiger partial charge < -0.3 is 19.2 Å². The second kappa shape index (κ2) is 9.16. The van der Waals surface area contributed by atoms with Crippen molar-refractivity contribution in [3.05, 3.63) is 90.2 Å². The van der Waals surface area contributed by atoms with Crippen LogP contribution in [0.4, 0.5) is 0 Å². The van der Waals surface area contributed by atoms with Gasteiger partial charge in [-0.2, -0.15) is 0 Å². The summed E-state index contributed by atoms with van der Waals surface area (Å²) in [7, 11) is 4.42. The number of thiazole rings is 1. The van der Waals surface area contributed by atoms with Gasteiger partial charge in [-0.3, -0.25) is 9.36 Å². The number of aromatic nitrogens is 2. The molecule has 0 radical (unpaired) electrons. The summed E-state index contributed by atoms with van der Waals surface area (Å²) >= 11 is 1.28. The molecule has 0 bridgehead atoms. The number of fused-ring (bicyclic) bond motifs is 2. The summed E-state index contributed by atoms with van der Waals surface area (Å²) in [6.07, 6.45) is 1.89. The van der Waals surface area contributed by atoms with Crippen LogP contribution in [0, 0.1) is 6.92 Å². The van der Waals surface area contributed by atoms with Crippen LogP contribution >= 0.6 is 11.3 Å². The van der Waals surface area contributed by atoms with Gasteiger partial charge in [0.15, 0.2) is 4.80 Å². The molecule has 3 heterocycles. The fraction of sp³-hybridized carbons (Fsp3) is 0.222. The maximum absolute atomic E-state index is 13.9.